The van der Waals surface area contributed by atoms with E-state index in [2.05, 4.69) is 18.7 Å². The van der Waals surface area contributed by atoms with Crippen molar-refractivity contribution in [3.05, 3.63) is 71.8 Å². The van der Waals surface area contributed by atoms with E-state index in [0.29, 0.717) is 6.42 Å². The summed E-state index contributed by atoms with van der Waals surface area (Å²) in [5.74, 6) is -0.273. The van der Waals surface area contributed by atoms with Crippen molar-refractivity contribution in [1.82, 2.24) is 4.90 Å². The lowest BCUT2D eigenvalue weighted by Gasteiger charge is -2.44. The van der Waals surface area contributed by atoms with E-state index in [9.17, 15) is 4.79 Å². The first-order valence-corrected chi connectivity index (χ1v) is 9.63. The molecule has 3 nitrogen and oxygen atoms in total. The van der Waals surface area contributed by atoms with Gasteiger partial charge in [0.1, 0.15) is 0 Å². The van der Waals surface area contributed by atoms with Gasteiger partial charge in [-0.25, -0.2) is 0 Å². The zero-order valence-corrected chi connectivity index (χ0v) is 15.9. The van der Waals surface area contributed by atoms with Crippen molar-refractivity contribution in [3.8, 4) is 0 Å². The van der Waals surface area contributed by atoms with Crippen molar-refractivity contribution in [2.45, 2.75) is 50.5 Å². The van der Waals surface area contributed by atoms with Gasteiger partial charge in [-0.15, -0.1) is 0 Å². The van der Waals surface area contributed by atoms with Gasteiger partial charge in [0.05, 0.1) is 5.41 Å². The van der Waals surface area contributed by atoms with Crippen LogP contribution in [0, 0.1) is 0 Å². The summed E-state index contributed by atoms with van der Waals surface area (Å²) in [5, 5.41) is 0. The lowest BCUT2D eigenvalue weighted by molar-refractivity contribution is -0.122. The molecule has 2 aromatic rings. The van der Waals surface area contributed by atoms with E-state index in [0.717, 1.165) is 24.2 Å². The van der Waals surface area contributed by atoms with Crippen molar-refractivity contribution >= 4 is 5.91 Å². The normalized spacial score (nSPS) is 17.8. The van der Waals surface area contributed by atoms with Crippen molar-refractivity contribution < 1.29 is 4.79 Å². The average Bonchev–Trinajstić information content (AvgIpc) is 2.65. The minimum atomic E-state index is -0.796. The zero-order chi connectivity index (χ0) is 18.6. The van der Waals surface area contributed by atoms with Gasteiger partial charge in [0.2, 0.25) is 5.91 Å². The number of amides is 1. The summed E-state index contributed by atoms with van der Waals surface area (Å²) in [4.78, 5) is 15.4. The van der Waals surface area contributed by atoms with Gasteiger partial charge in [-0.05, 0) is 50.8 Å². The number of nitrogens with zero attached hydrogens (tertiary/aromatic N) is 1. The Hall–Kier alpha value is -2.13. The Kier molecular flexibility index (Phi) is 5.47. The van der Waals surface area contributed by atoms with E-state index in [1.165, 1.54) is 19.3 Å². The van der Waals surface area contributed by atoms with Gasteiger partial charge < -0.3 is 5.73 Å². The molecule has 0 bridgehead atoms. The highest BCUT2D eigenvalue weighted by molar-refractivity contribution is 5.90. The Bertz CT molecular complexity index is 685. The van der Waals surface area contributed by atoms with Crippen LogP contribution in [0.1, 0.15) is 50.7 Å². The van der Waals surface area contributed by atoms with Gasteiger partial charge in [0.25, 0.3) is 0 Å². The number of hydrogen-bond acceptors (Lipinski definition) is 2. The number of rotatable bonds is 6. The molecule has 3 rings (SSSR count). The molecule has 2 aromatic carbocycles. The van der Waals surface area contributed by atoms with E-state index in [4.69, 9.17) is 5.73 Å². The van der Waals surface area contributed by atoms with Crippen molar-refractivity contribution in [1.29, 1.82) is 0 Å². The summed E-state index contributed by atoms with van der Waals surface area (Å²) >= 11 is 0. The van der Waals surface area contributed by atoms with Crippen LogP contribution < -0.4 is 5.73 Å². The molecule has 1 heterocycles. The Morgan fingerprint density at radius 3 is 2.00 bits per heavy atom. The first kappa shape index (κ1) is 18.7. The molecule has 0 spiro atoms. The van der Waals surface area contributed by atoms with Crippen LogP contribution in [-0.2, 0) is 10.2 Å². The van der Waals surface area contributed by atoms with Gasteiger partial charge in [0, 0.05) is 12.1 Å². The SMILES string of the molecule is CC1(C)CCCCN1CCC(C(N)=O)(c1ccccc1)c1ccccc1. The van der Waals surface area contributed by atoms with Crippen LogP contribution in [-0.4, -0.2) is 29.4 Å². The van der Waals surface area contributed by atoms with Crippen LogP contribution in [0.4, 0.5) is 0 Å². The molecule has 0 radical (unpaired) electrons. The maximum Gasteiger partial charge on any atom is 0.232 e. The smallest absolute Gasteiger partial charge is 0.232 e. The number of primary amides is 1. The van der Waals surface area contributed by atoms with Gasteiger partial charge in [-0.1, -0.05) is 67.1 Å². The lowest BCUT2D eigenvalue weighted by atomic mass is 9.71. The highest BCUT2D eigenvalue weighted by Gasteiger charge is 2.41. The van der Waals surface area contributed by atoms with Crippen LogP contribution >= 0.6 is 0 Å². The largest absolute Gasteiger partial charge is 0.369 e. The summed E-state index contributed by atoms with van der Waals surface area (Å²) in [5.41, 5.74) is 7.40. The third kappa shape index (κ3) is 3.54. The van der Waals surface area contributed by atoms with Crippen molar-refractivity contribution in [3.63, 3.8) is 0 Å². The molecular formula is C23H30N2O. The van der Waals surface area contributed by atoms with Crippen LogP contribution in [0.5, 0.6) is 0 Å². The number of nitrogens with two attached hydrogens (primary N) is 1. The first-order valence-electron chi connectivity index (χ1n) is 9.63. The standard InChI is InChI=1S/C23H30N2O/c1-22(2)15-9-10-17-25(22)18-16-23(21(24)26,19-11-5-3-6-12-19)20-13-7-4-8-14-20/h3-8,11-14H,9-10,15-18H2,1-2H3,(H2,24,26). The monoisotopic (exact) mass is 350 g/mol. The van der Waals surface area contributed by atoms with E-state index >= 15 is 0 Å². The van der Waals surface area contributed by atoms with Gasteiger partial charge in [-0.3, -0.25) is 9.69 Å². The molecule has 138 valence electrons. The molecule has 3 heteroatoms. The molecule has 0 unspecified atom stereocenters. The fourth-order valence-electron chi connectivity index (χ4n) is 4.35. The van der Waals surface area contributed by atoms with E-state index in [1.54, 1.807) is 0 Å². The minimum Gasteiger partial charge on any atom is -0.369 e. The Morgan fingerprint density at radius 2 is 1.54 bits per heavy atom. The number of carbonyl (C=O) groups excluding carboxylic acids is 1. The number of piperidine rings is 1. The number of carbonyl (C=O) groups is 1. The quantitative estimate of drug-likeness (QED) is 0.852. The molecule has 0 aromatic heterocycles. The summed E-state index contributed by atoms with van der Waals surface area (Å²) in [6, 6.07) is 20.0. The summed E-state index contributed by atoms with van der Waals surface area (Å²) in [6.07, 6.45) is 4.40. The third-order valence-electron chi connectivity index (χ3n) is 6.03. The summed E-state index contributed by atoms with van der Waals surface area (Å²) < 4.78 is 0. The first-order chi connectivity index (χ1) is 12.5. The van der Waals surface area contributed by atoms with E-state index in [1.807, 2.05) is 60.7 Å². The van der Waals surface area contributed by atoms with Gasteiger partial charge in [0.15, 0.2) is 0 Å². The van der Waals surface area contributed by atoms with E-state index in [-0.39, 0.29) is 11.4 Å². The Balaban J connectivity index is 1.99. The van der Waals surface area contributed by atoms with Crippen LogP contribution in [0.15, 0.2) is 60.7 Å². The summed E-state index contributed by atoms with van der Waals surface area (Å²) in [6.45, 7) is 6.57. The maximum absolute atomic E-state index is 12.9. The molecular weight excluding hydrogens is 320 g/mol. The molecule has 0 saturated carbocycles. The van der Waals surface area contributed by atoms with Crippen molar-refractivity contribution in [2.24, 2.45) is 5.73 Å². The fraction of sp³-hybridized carbons (Fsp3) is 0.435. The molecule has 1 fully saturated rings. The lowest BCUT2D eigenvalue weighted by Crippen LogP contribution is -2.51. The highest BCUT2D eigenvalue weighted by atomic mass is 16.1. The molecule has 0 aliphatic carbocycles. The second-order valence-electron chi connectivity index (χ2n) is 8.01. The van der Waals surface area contributed by atoms with Gasteiger partial charge in [-0.2, -0.15) is 0 Å². The second-order valence-corrected chi connectivity index (χ2v) is 8.01. The third-order valence-corrected chi connectivity index (χ3v) is 6.03. The molecule has 0 atom stereocenters. The van der Waals surface area contributed by atoms with E-state index < -0.39 is 5.41 Å². The molecule has 2 N–H and O–H groups in total. The molecule has 1 aliphatic rings. The number of hydrogen-bond donors (Lipinski definition) is 1. The minimum absolute atomic E-state index is 0.176. The summed E-state index contributed by atoms with van der Waals surface area (Å²) in [7, 11) is 0. The predicted molar refractivity (Wildman–Crippen MR) is 107 cm³/mol. The Labute approximate surface area is 157 Å². The second kappa shape index (κ2) is 7.63. The molecule has 1 aliphatic heterocycles. The molecule has 26 heavy (non-hydrogen) atoms. The number of benzene rings is 2. The average molecular weight is 351 g/mol. The van der Waals surface area contributed by atoms with Crippen LogP contribution in [0.25, 0.3) is 0 Å². The zero-order valence-electron chi connectivity index (χ0n) is 15.9. The molecule has 1 saturated heterocycles. The number of likely N-dealkylation sites (tertiary alicyclic amines) is 1. The topological polar surface area (TPSA) is 46.3 Å². The van der Waals surface area contributed by atoms with Crippen LogP contribution in [0.3, 0.4) is 0 Å². The van der Waals surface area contributed by atoms with Crippen molar-refractivity contribution in [2.75, 3.05) is 13.1 Å². The fourth-order valence-corrected chi connectivity index (χ4v) is 4.35. The molecule has 1 amide bonds. The van der Waals surface area contributed by atoms with Gasteiger partial charge >= 0.3 is 0 Å². The Morgan fingerprint density at radius 1 is 1.00 bits per heavy atom. The maximum atomic E-state index is 12.9. The highest BCUT2D eigenvalue weighted by Crippen LogP contribution is 2.37. The van der Waals surface area contributed by atoms with Crippen LogP contribution in [0.2, 0.25) is 0 Å². The predicted octanol–water partition coefficient (Wildman–Crippen LogP) is 4.11.